The molecule has 3 rings (SSSR count). The van der Waals surface area contributed by atoms with Gasteiger partial charge in [0.25, 0.3) is 5.22 Å². The van der Waals surface area contributed by atoms with E-state index in [1.165, 1.54) is 11.8 Å². The van der Waals surface area contributed by atoms with Crippen LogP contribution in [0.3, 0.4) is 0 Å². The van der Waals surface area contributed by atoms with Gasteiger partial charge in [0.1, 0.15) is 11.5 Å². The van der Waals surface area contributed by atoms with Crippen molar-refractivity contribution in [2.75, 3.05) is 25.3 Å². The van der Waals surface area contributed by atoms with Crippen molar-refractivity contribution in [2.45, 2.75) is 5.22 Å². The summed E-state index contributed by atoms with van der Waals surface area (Å²) in [6.07, 6.45) is 0. The molecule has 9 heteroatoms. The molecular formula is C18H16IN3O4S. The lowest BCUT2D eigenvalue weighted by molar-refractivity contribution is -0.113. The number of rotatable bonds is 7. The van der Waals surface area contributed by atoms with Crippen LogP contribution in [0.4, 0.5) is 5.69 Å². The van der Waals surface area contributed by atoms with Gasteiger partial charge in [-0.25, -0.2) is 0 Å². The van der Waals surface area contributed by atoms with Gasteiger partial charge in [0.05, 0.1) is 20.0 Å². The van der Waals surface area contributed by atoms with E-state index < -0.39 is 0 Å². The Morgan fingerprint density at radius 2 is 1.78 bits per heavy atom. The standard InChI is InChI=1S/C18H16IN3O4S/c1-24-14-7-11(8-15(9-14)25-2)17-21-22-18(26-17)27-10-16(23)20-13-5-3-12(19)4-6-13/h3-9H,10H2,1-2H3,(H,20,23). The molecule has 3 aromatic rings. The number of nitrogens with one attached hydrogen (secondary N) is 1. The Morgan fingerprint density at radius 1 is 1.11 bits per heavy atom. The van der Waals surface area contributed by atoms with Crippen molar-refractivity contribution in [1.82, 2.24) is 10.2 Å². The molecule has 0 saturated carbocycles. The van der Waals surface area contributed by atoms with Crippen molar-refractivity contribution in [2.24, 2.45) is 0 Å². The molecule has 0 radical (unpaired) electrons. The zero-order chi connectivity index (χ0) is 19.2. The summed E-state index contributed by atoms with van der Waals surface area (Å²) >= 11 is 3.38. The van der Waals surface area contributed by atoms with Crippen LogP contribution in [0.2, 0.25) is 0 Å². The van der Waals surface area contributed by atoms with Crippen LogP contribution >= 0.6 is 34.4 Å². The number of methoxy groups -OCH3 is 2. The molecule has 1 heterocycles. The van der Waals surface area contributed by atoms with E-state index in [2.05, 4.69) is 38.1 Å². The summed E-state index contributed by atoms with van der Waals surface area (Å²) in [4.78, 5) is 12.1. The normalized spacial score (nSPS) is 10.5. The second-order valence-electron chi connectivity index (χ2n) is 5.32. The number of halogens is 1. The summed E-state index contributed by atoms with van der Waals surface area (Å²) in [7, 11) is 3.14. The predicted octanol–water partition coefficient (Wildman–Crippen LogP) is 4.09. The minimum Gasteiger partial charge on any atom is -0.497 e. The van der Waals surface area contributed by atoms with Gasteiger partial charge < -0.3 is 19.2 Å². The van der Waals surface area contributed by atoms with Crippen LogP contribution in [0.15, 0.2) is 52.1 Å². The van der Waals surface area contributed by atoms with Crippen molar-refractivity contribution in [1.29, 1.82) is 0 Å². The van der Waals surface area contributed by atoms with Gasteiger partial charge in [0.15, 0.2) is 0 Å². The number of nitrogens with zero attached hydrogens (tertiary/aromatic N) is 2. The minimum absolute atomic E-state index is 0.149. The number of anilines is 1. The van der Waals surface area contributed by atoms with E-state index in [0.29, 0.717) is 28.2 Å². The molecule has 0 fully saturated rings. The van der Waals surface area contributed by atoms with Gasteiger partial charge in [-0.1, -0.05) is 11.8 Å². The molecule has 0 unspecified atom stereocenters. The van der Waals surface area contributed by atoms with Crippen LogP contribution in [-0.2, 0) is 4.79 Å². The van der Waals surface area contributed by atoms with Gasteiger partial charge in [0, 0.05) is 20.9 Å². The number of hydrogen-bond acceptors (Lipinski definition) is 7. The Hall–Kier alpha value is -2.27. The Morgan fingerprint density at radius 3 is 2.41 bits per heavy atom. The van der Waals surface area contributed by atoms with Crippen molar-refractivity contribution >= 4 is 45.9 Å². The SMILES string of the molecule is COc1cc(OC)cc(-c2nnc(SCC(=O)Nc3ccc(I)cc3)o2)c1. The maximum atomic E-state index is 12.1. The van der Waals surface area contributed by atoms with Gasteiger partial charge in [0.2, 0.25) is 11.8 Å². The predicted molar refractivity (Wildman–Crippen MR) is 111 cm³/mol. The first-order valence-corrected chi connectivity index (χ1v) is 9.89. The maximum Gasteiger partial charge on any atom is 0.277 e. The maximum absolute atomic E-state index is 12.1. The number of aromatic nitrogens is 2. The van der Waals surface area contributed by atoms with E-state index in [1.54, 1.807) is 32.4 Å². The van der Waals surface area contributed by atoms with Gasteiger partial charge in [-0.2, -0.15) is 0 Å². The number of ether oxygens (including phenoxy) is 2. The quantitative estimate of drug-likeness (QED) is 0.389. The third-order valence-corrected chi connectivity index (χ3v) is 5.00. The summed E-state index contributed by atoms with van der Waals surface area (Å²) in [5.74, 6) is 1.58. The van der Waals surface area contributed by atoms with E-state index in [4.69, 9.17) is 13.9 Å². The highest BCUT2D eigenvalue weighted by Crippen LogP contribution is 2.30. The molecular weight excluding hydrogens is 481 g/mol. The second kappa shape index (κ2) is 9.09. The summed E-state index contributed by atoms with van der Waals surface area (Å²) in [6, 6.07) is 12.9. The monoisotopic (exact) mass is 497 g/mol. The molecule has 0 atom stereocenters. The van der Waals surface area contributed by atoms with Crippen LogP contribution in [-0.4, -0.2) is 36.1 Å². The second-order valence-corrected chi connectivity index (χ2v) is 7.49. The molecule has 1 amide bonds. The number of thioether (sulfide) groups is 1. The van der Waals surface area contributed by atoms with Crippen molar-refractivity contribution in [3.8, 4) is 23.0 Å². The summed E-state index contributed by atoms with van der Waals surface area (Å²) in [6.45, 7) is 0. The lowest BCUT2D eigenvalue weighted by Gasteiger charge is -2.05. The summed E-state index contributed by atoms with van der Waals surface area (Å²) < 4.78 is 17.2. The Balaban J connectivity index is 1.62. The van der Waals surface area contributed by atoms with Crippen molar-refractivity contribution < 1.29 is 18.7 Å². The highest BCUT2D eigenvalue weighted by atomic mass is 127. The molecule has 0 aliphatic heterocycles. The van der Waals surface area contributed by atoms with E-state index >= 15 is 0 Å². The molecule has 1 aromatic heterocycles. The molecule has 0 bridgehead atoms. The smallest absolute Gasteiger partial charge is 0.277 e. The summed E-state index contributed by atoms with van der Waals surface area (Å²) in [5, 5.41) is 11.1. The van der Waals surface area contributed by atoms with Crippen LogP contribution in [0.25, 0.3) is 11.5 Å². The molecule has 0 aliphatic rings. The molecule has 0 saturated heterocycles. The van der Waals surface area contributed by atoms with Gasteiger partial charge >= 0.3 is 0 Å². The topological polar surface area (TPSA) is 86.5 Å². The van der Waals surface area contributed by atoms with Gasteiger partial charge in [-0.3, -0.25) is 4.79 Å². The molecule has 27 heavy (non-hydrogen) atoms. The van der Waals surface area contributed by atoms with E-state index in [1.807, 2.05) is 24.3 Å². The molecule has 0 spiro atoms. The lowest BCUT2D eigenvalue weighted by atomic mass is 10.2. The highest BCUT2D eigenvalue weighted by Gasteiger charge is 2.13. The zero-order valence-electron chi connectivity index (χ0n) is 14.6. The van der Waals surface area contributed by atoms with E-state index in [9.17, 15) is 4.79 Å². The number of carbonyl (C=O) groups is 1. The third-order valence-electron chi connectivity index (χ3n) is 3.46. The average molecular weight is 497 g/mol. The van der Waals surface area contributed by atoms with Crippen LogP contribution in [0.1, 0.15) is 0 Å². The molecule has 0 aliphatic carbocycles. The molecule has 140 valence electrons. The van der Waals surface area contributed by atoms with Gasteiger partial charge in [-0.05, 0) is 59.0 Å². The Labute approximate surface area is 174 Å². The minimum atomic E-state index is -0.149. The lowest BCUT2D eigenvalue weighted by Crippen LogP contribution is -2.13. The molecule has 2 aromatic carbocycles. The van der Waals surface area contributed by atoms with Crippen LogP contribution in [0.5, 0.6) is 11.5 Å². The third kappa shape index (κ3) is 5.36. The fourth-order valence-electron chi connectivity index (χ4n) is 2.17. The largest absolute Gasteiger partial charge is 0.497 e. The van der Waals surface area contributed by atoms with Crippen LogP contribution < -0.4 is 14.8 Å². The summed E-state index contributed by atoms with van der Waals surface area (Å²) in [5.41, 5.74) is 1.42. The highest BCUT2D eigenvalue weighted by molar-refractivity contribution is 14.1. The van der Waals surface area contributed by atoms with Gasteiger partial charge in [-0.15, -0.1) is 10.2 Å². The van der Waals surface area contributed by atoms with Crippen molar-refractivity contribution in [3.63, 3.8) is 0 Å². The first-order valence-electron chi connectivity index (χ1n) is 7.82. The van der Waals surface area contributed by atoms with Crippen LogP contribution in [0, 0.1) is 3.57 Å². The van der Waals surface area contributed by atoms with Crippen molar-refractivity contribution in [3.05, 3.63) is 46.0 Å². The van der Waals surface area contributed by atoms with E-state index in [-0.39, 0.29) is 11.7 Å². The number of amides is 1. The number of benzene rings is 2. The fourth-order valence-corrected chi connectivity index (χ4v) is 3.10. The molecule has 1 N–H and O–H groups in total. The first kappa shape index (κ1) is 19.5. The average Bonchev–Trinajstić information content (AvgIpc) is 3.17. The fraction of sp³-hybridized carbons (Fsp3) is 0.167. The molecule has 7 nitrogen and oxygen atoms in total. The number of carbonyl (C=O) groups excluding carboxylic acids is 1. The number of hydrogen-bond donors (Lipinski definition) is 1. The van der Waals surface area contributed by atoms with E-state index in [0.717, 1.165) is 9.26 Å². The zero-order valence-corrected chi connectivity index (χ0v) is 17.5. The Bertz CT molecular complexity index is 908. The first-order chi connectivity index (χ1) is 13.1. The Kier molecular flexibility index (Phi) is 6.56.